The highest BCUT2D eigenvalue weighted by atomic mass is 35.5. The summed E-state index contributed by atoms with van der Waals surface area (Å²) in [4.78, 5) is 28.5. The average molecular weight is 479 g/mol. The van der Waals surface area contributed by atoms with Crippen molar-refractivity contribution in [1.29, 1.82) is 0 Å². The molecule has 0 aromatic heterocycles. The molecule has 0 fully saturated rings. The van der Waals surface area contributed by atoms with Crippen LogP contribution in [-0.2, 0) is 22.6 Å². The second kappa shape index (κ2) is 12.8. The third kappa shape index (κ3) is 7.63. The first-order valence-corrected chi connectivity index (χ1v) is 11.9. The molecule has 0 aliphatic rings. The van der Waals surface area contributed by atoms with E-state index in [-0.39, 0.29) is 31.0 Å². The zero-order valence-corrected chi connectivity index (χ0v) is 20.4. The molecule has 178 valence electrons. The topological polar surface area (TPSA) is 58.6 Å². The molecular formula is C28H31ClN2O3. The smallest absolute Gasteiger partial charge is 0.261 e. The molecule has 0 spiro atoms. The summed E-state index contributed by atoms with van der Waals surface area (Å²) < 4.78 is 5.74. The van der Waals surface area contributed by atoms with E-state index in [1.54, 1.807) is 29.2 Å². The number of nitrogens with one attached hydrogen (secondary N) is 1. The average Bonchev–Trinajstić information content (AvgIpc) is 2.87. The van der Waals surface area contributed by atoms with Crippen LogP contribution in [0.2, 0.25) is 5.02 Å². The lowest BCUT2D eigenvalue weighted by atomic mass is 10.0. The van der Waals surface area contributed by atoms with Gasteiger partial charge in [-0.2, -0.15) is 0 Å². The van der Waals surface area contributed by atoms with E-state index in [9.17, 15) is 9.59 Å². The maximum absolute atomic E-state index is 13.5. The van der Waals surface area contributed by atoms with Crippen molar-refractivity contribution in [2.45, 2.75) is 45.3 Å². The number of rotatable bonds is 11. The van der Waals surface area contributed by atoms with E-state index >= 15 is 0 Å². The zero-order chi connectivity index (χ0) is 24.3. The Hall–Kier alpha value is -3.31. The molecule has 0 unspecified atom stereocenters. The van der Waals surface area contributed by atoms with Crippen molar-refractivity contribution in [1.82, 2.24) is 10.2 Å². The van der Waals surface area contributed by atoms with Gasteiger partial charge >= 0.3 is 0 Å². The zero-order valence-electron chi connectivity index (χ0n) is 19.6. The second-order valence-electron chi connectivity index (χ2n) is 8.27. The lowest BCUT2D eigenvalue weighted by Crippen LogP contribution is -2.53. The number of halogens is 1. The van der Waals surface area contributed by atoms with Crippen LogP contribution < -0.4 is 10.1 Å². The van der Waals surface area contributed by atoms with Gasteiger partial charge in [0.25, 0.3) is 5.91 Å². The van der Waals surface area contributed by atoms with E-state index < -0.39 is 6.04 Å². The maximum Gasteiger partial charge on any atom is 0.261 e. The minimum atomic E-state index is -0.695. The predicted molar refractivity (Wildman–Crippen MR) is 136 cm³/mol. The van der Waals surface area contributed by atoms with Crippen LogP contribution in [0.4, 0.5) is 0 Å². The molecule has 34 heavy (non-hydrogen) atoms. The van der Waals surface area contributed by atoms with Crippen LogP contribution in [0.3, 0.4) is 0 Å². The van der Waals surface area contributed by atoms with Gasteiger partial charge in [0.05, 0.1) is 0 Å². The molecule has 0 saturated carbocycles. The summed E-state index contributed by atoms with van der Waals surface area (Å²) >= 11 is 6.06. The van der Waals surface area contributed by atoms with Crippen molar-refractivity contribution in [3.63, 3.8) is 0 Å². The highest BCUT2D eigenvalue weighted by Gasteiger charge is 2.31. The second-order valence-corrected chi connectivity index (χ2v) is 8.71. The van der Waals surface area contributed by atoms with Crippen LogP contribution in [0.5, 0.6) is 5.75 Å². The minimum Gasteiger partial charge on any atom is -0.484 e. The molecule has 3 aromatic carbocycles. The first-order chi connectivity index (χ1) is 16.5. The Balaban J connectivity index is 1.90. The summed E-state index contributed by atoms with van der Waals surface area (Å²) in [5.41, 5.74) is 1.86. The van der Waals surface area contributed by atoms with Crippen molar-refractivity contribution in [3.8, 4) is 5.75 Å². The molecule has 6 heteroatoms. The summed E-state index contributed by atoms with van der Waals surface area (Å²) in [6.45, 7) is 4.07. The van der Waals surface area contributed by atoms with Crippen LogP contribution >= 0.6 is 11.6 Å². The summed E-state index contributed by atoms with van der Waals surface area (Å²) in [6, 6.07) is 25.5. The lowest BCUT2D eigenvalue weighted by Gasteiger charge is -2.32. The van der Waals surface area contributed by atoms with Gasteiger partial charge in [-0.3, -0.25) is 9.59 Å². The van der Waals surface area contributed by atoms with Crippen molar-refractivity contribution in [3.05, 3.63) is 101 Å². The largest absolute Gasteiger partial charge is 0.484 e. The van der Waals surface area contributed by atoms with Gasteiger partial charge < -0.3 is 15.0 Å². The molecule has 2 atom stereocenters. The van der Waals surface area contributed by atoms with Crippen molar-refractivity contribution >= 4 is 23.4 Å². The Kier molecular flexibility index (Phi) is 9.53. The number of amides is 2. The van der Waals surface area contributed by atoms with Crippen molar-refractivity contribution < 1.29 is 14.3 Å². The Bertz CT molecular complexity index is 1040. The Morgan fingerprint density at radius 2 is 1.53 bits per heavy atom. The van der Waals surface area contributed by atoms with E-state index in [1.165, 1.54) is 0 Å². The number of carbonyl (C=O) groups excluding carboxylic acids is 2. The third-order valence-corrected chi connectivity index (χ3v) is 5.90. The first-order valence-electron chi connectivity index (χ1n) is 11.5. The SMILES string of the molecule is CC[C@@H](C)NC(=O)[C@H](Cc1ccccc1)N(Cc1ccc(Cl)cc1)C(=O)COc1ccccc1. The molecule has 0 aliphatic heterocycles. The predicted octanol–water partition coefficient (Wildman–Crippen LogP) is 5.27. The number of para-hydroxylation sites is 1. The number of hydrogen-bond donors (Lipinski definition) is 1. The maximum atomic E-state index is 13.5. The molecule has 3 rings (SSSR count). The molecule has 0 saturated heterocycles. The number of benzene rings is 3. The molecule has 0 aliphatic carbocycles. The van der Waals surface area contributed by atoms with Gasteiger partial charge in [0.1, 0.15) is 11.8 Å². The fraction of sp³-hybridized carbons (Fsp3) is 0.286. The van der Waals surface area contributed by atoms with E-state index in [1.807, 2.05) is 74.5 Å². The van der Waals surface area contributed by atoms with E-state index in [2.05, 4.69) is 5.32 Å². The summed E-state index contributed by atoms with van der Waals surface area (Å²) in [7, 11) is 0. The fourth-order valence-corrected chi connectivity index (χ4v) is 3.65. The lowest BCUT2D eigenvalue weighted by molar-refractivity contribution is -0.143. The van der Waals surface area contributed by atoms with Gasteiger partial charge in [0.2, 0.25) is 5.91 Å². The normalized spacial score (nSPS) is 12.4. The number of ether oxygens (including phenoxy) is 1. The quantitative estimate of drug-likeness (QED) is 0.408. The van der Waals surface area contributed by atoms with Crippen molar-refractivity contribution in [2.24, 2.45) is 0 Å². The highest BCUT2D eigenvalue weighted by Crippen LogP contribution is 2.18. The third-order valence-electron chi connectivity index (χ3n) is 5.64. The number of hydrogen-bond acceptors (Lipinski definition) is 3. The molecule has 3 aromatic rings. The molecular weight excluding hydrogens is 448 g/mol. The fourth-order valence-electron chi connectivity index (χ4n) is 3.53. The van der Waals surface area contributed by atoms with Crippen LogP contribution in [0.1, 0.15) is 31.4 Å². The van der Waals surface area contributed by atoms with Gasteiger partial charge in [-0.05, 0) is 48.7 Å². The number of carbonyl (C=O) groups is 2. The van der Waals surface area contributed by atoms with Gasteiger partial charge in [-0.1, -0.05) is 79.2 Å². The van der Waals surface area contributed by atoms with E-state index in [0.29, 0.717) is 17.2 Å². The van der Waals surface area contributed by atoms with Gasteiger partial charge in [0.15, 0.2) is 6.61 Å². The molecule has 5 nitrogen and oxygen atoms in total. The Morgan fingerprint density at radius 3 is 2.15 bits per heavy atom. The van der Waals surface area contributed by atoms with Crippen LogP contribution in [-0.4, -0.2) is 35.4 Å². The summed E-state index contributed by atoms with van der Waals surface area (Å²) in [5, 5.41) is 3.67. The highest BCUT2D eigenvalue weighted by molar-refractivity contribution is 6.30. The molecule has 1 N–H and O–H groups in total. The molecule has 0 bridgehead atoms. The summed E-state index contributed by atoms with van der Waals surface area (Å²) in [6.07, 6.45) is 1.19. The van der Waals surface area contributed by atoms with E-state index in [0.717, 1.165) is 17.5 Å². The molecule has 0 radical (unpaired) electrons. The van der Waals surface area contributed by atoms with Crippen molar-refractivity contribution in [2.75, 3.05) is 6.61 Å². The van der Waals surface area contributed by atoms with E-state index in [4.69, 9.17) is 16.3 Å². The first kappa shape index (κ1) is 25.3. The van der Waals surface area contributed by atoms with Crippen LogP contribution in [0.15, 0.2) is 84.9 Å². The summed E-state index contributed by atoms with van der Waals surface area (Å²) in [5.74, 6) is 0.158. The van der Waals surface area contributed by atoms with Crippen LogP contribution in [0.25, 0.3) is 0 Å². The molecule has 0 heterocycles. The van der Waals surface area contributed by atoms with Gasteiger partial charge in [0, 0.05) is 24.0 Å². The Morgan fingerprint density at radius 1 is 0.912 bits per heavy atom. The van der Waals surface area contributed by atoms with Gasteiger partial charge in [-0.25, -0.2) is 0 Å². The molecule has 2 amide bonds. The van der Waals surface area contributed by atoms with Crippen LogP contribution in [0, 0.1) is 0 Å². The van der Waals surface area contributed by atoms with Gasteiger partial charge in [-0.15, -0.1) is 0 Å². The monoisotopic (exact) mass is 478 g/mol. The standard InChI is InChI=1S/C28H31ClN2O3/c1-3-21(2)30-28(33)26(18-22-10-6-4-7-11-22)31(19-23-14-16-24(29)17-15-23)27(32)20-34-25-12-8-5-9-13-25/h4-17,21,26H,3,18-20H2,1-2H3,(H,30,33)/t21-,26+/m1/s1. The Labute approximate surface area is 206 Å². The number of nitrogens with zero attached hydrogens (tertiary/aromatic N) is 1. The minimum absolute atomic E-state index is 0.00109.